The fourth-order valence-corrected chi connectivity index (χ4v) is 3.28. The Morgan fingerprint density at radius 1 is 1.19 bits per heavy atom. The predicted octanol–water partition coefficient (Wildman–Crippen LogP) is 4.41. The Morgan fingerprint density at radius 3 is 2.77 bits per heavy atom. The van der Waals surface area contributed by atoms with Crippen LogP contribution in [-0.2, 0) is 9.53 Å². The number of cyclic esters (lactones) is 1. The minimum absolute atomic E-state index is 0.0989. The van der Waals surface area contributed by atoms with E-state index < -0.39 is 5.97 Å². The van der Waals surface area contributed by atoms with E-state index in [2.05, 4.69) is 20.9 Å². The van der Waals surface area contributed by atoms with Crippen LogP contribution < -0.4 is 0 Å². The Kier molecular flexibility index (Phi) is 4.05. The molecule has 2 heterocycles. The number of carbonyl (C=O) groups excluding carboxylic acids is 2. The molecular weight excluding hydrogens is 396 g/mol. The number of carbonyl (C=O) groups is 2. The van der Waals surface area contributed by atoms with Crippen molar-refractivity contribution in [2.45, 2.75) is 6.92 Å². The van der Waals surface area contributed by atoms with E-state index in [0.717, 1.165) is 20.9 Å². The molecule has 0 saturated carbocycles. The van der Waals surface area contributed by atoms with Gasteiger partial charge in [-0.05, 0) is 30.3 Å². The first-order chi connectivity index (χ1) is 12.5. The van der Waals surface area contributed by atoms with Crippen molar-refractivity contribution in [3.63, 3.8) is 0 Å². The standard InChI is InChI=1S/C20H13BrN2O3/c1-12(24)23-11-14(16-7-2-3-8-18(16)23)10-17-20(25)26-19(22-17)13-5-4-6-15(21)9-13/h2-11H,1H3/b17-10-. The van der Waals surface area contributed by atoms with Gasteiger partial charge in [0.05, 0.1) is 5.52 Å². The molecule has 128 valence electrons. The van der Waals surface area contributed by atoms with Crippen LogP contribution in [0.1, 0.15) is 22.8 Å². The van der Waals surface area contributed by atoms with Gasteiger partial charge in [0, 0.05) is 34.1 Å². The average molecular weight is 409 g/mol. The van der Waals surface area contributed by atoms with Gasteiger partial charge < -0.3 is 4.74 Å². The third kappa shape index (κ3) is 2.88. The largest absolute Gasteiger partial charge is 0.402 e. The van der Waals surface area contributed by atoms with Gasteiger partial charge >= 0.3 is 5.97 Å². The fourth-order valence-electron chi connectivity index (χ4n) is 2.88. The number of hydrogen-bond acceptors (Lipinski definition) is 4. The van der Waals surface area contributed by atoms with E-state index in [-0.39, 0.29) is 17.5 Å². The molecule has 6 heteroatoms. The molecule has 26 heavy (non-hydrogen) atoms. The van der Waals surface area contributed by atoms with Crippen molar-refractivity contribution >= 4 is 50.7 Å². The van der Waals surface area contributed by atoms with Gasteiger partial charge in [0.1, 0.15) is 0 Å². The molecule has 0 spiro atoms. The van der Waals surface area contributed by atoms with Gasteiger partial charge in [-0.1, -0.05) is 40.2 Å². The number of ether oxygens (including phenoxy) is 1. The Balaban J connectivity index is 1.80. The molecule has 1 aliphatic heterocycles. The molecule has 0 N–H and O–H groups in total. The van der Waals surface area contributed by atoms with Crippen LogP contribution in [0.4, 0.5) is 0 Å². The van der Waals surface area contributed by atoms with Crippen molar-refractivity contribution in [2.24, 2.45) is 4.99 Å². The van der Waals surface area contributed by atoms with Gasteiger partial charge in [0.2, 0.25) is 11.8 Å². The number of nitrogens with zero attached hydrogens (tertiary/aromatic N) is 2. The molecule has 0 aliphatic carbocycles. The molecule has 4 rings (SSSR count). The first-order valence-corrected chi connectivity index (χ1v) is 8.72. The maximum Gasteiger partial charge on any atom is 0.363 e. The number of aliphatic imine (C=N–C) groups is 1. The van der Waals surface area contributed by atoms with Crippen LogP contribution in [0.3, 0.4) is 0 Å². The van der Waals surface area contributed by atoms with Crippen molar-refractivity contribution in [1.82, 2.24) is 4.57 Å². The summed E-state index contributed by atoms with van der Waals surface area (Å²) in [6, 6.07) is 14.9. The zero-order valence-electron chi connectivity index (χ0n) is 13.8. The summed E-state index contributed by atoms with van der Waals surface area (Å²) in [6.07, 6.45) is 3.36. The zero-order valence-corrected chi connectivity index (χ0v) is 15.4. The zero-order chi connectivity index (χ0) is 18.3. The normalized spacial score (nSPS) is 15.4. The lowest BCUT2D eigenvalue weighted by atomic mass is 10.1. The minimum atomic E-state index is -0.514. The molecule has 0 unspecified atom stereocenters. The van der Waals surface area contributed by atoms with Crippen LogP contribution in [0.15, 0.2) is 69.9 Å². The van der Waals surface area contributed by atoms with Crippen LogP contribution in [0.25, 0.3) is 17.0 Å². The number of benzene rings is 2. The molecule has 0 bridgehead atoms. The quantitative estimate of drug-likeness (QED) is 0.466. The van der Waals surface area contributed by atoms with Crippen molar-refractivity contribution in [3.05, 3.63) is 76.0 Å². The number of aromatic nitrogens is 1. The SMILES string of the molecule is CC(=O)n1cc(/C=C2\N=C(c3cccc(Br)c3)OC2=O)c2ccccc21. The molecule has 0 radical (unpaired) electrons. The first kappa shape index (κ1) is 16.5. The fraction of sp³-hybridized carbons (Fsp3) is 0.0500. The second kappa shape index (κ2) is 6.38. The van der Waals surface area contributed by atoms with Crippen LogP contribution in [-0.4, -0.2) is 22.3 Å². The molecule has 0 atom stereocenters. The lowest BCUT2D eigenvalue weighted by Crippen LogP contribution is -2.05. The molecule has 0 amide bonds. The monoisotopic (exact) mass is 408 g/mol. The highest BCUT2D eigenvalue weighted by Gasteiger charge is 2.25. The lowest BCUT2D eigenvalue weighted by molar-refractivity contribution is -0.129. The van der Waals surface area contributed by atoms with E-state index in [0.29, 0.717) is 5.56 Å². The number of para-hydroxylation sites is 1. The van der Waals surface area contributed by atoms with E-state index in [9.17, 15) is 9.59 Å². The summed E-state index contributed by atoms with van der Waals surface area (Å²) in [5.74, 6) is -0.351. The maximum atomic E-state index is 12.2. The molecule has 1 aromatic heterocycles. The third-order valence-corrected chi connectivity index (χ3v) is 4.56. The van der Waals surface area contributed by atoms with Crippen LogP contribution in [0.5, 0.6) is 0 Å². The van der Waals surface area contributed by atoms with E-state index >= 15 is 0 Å². The summed E-state index contributed by atoms with van der Waals surface area (Å²) in [4.78, 5) is 28.4. The molecule has 0 fully saturated rings. The highest BCUT2D eigenvalue weighted by molar-refractivity contribution is 9.10. The van der Waals surface area contributed by atoms with Crippen molar-refractivity contribution < 1.29 is 14.3 Å². The second-order valence-electron chi connectivity index (χ2n) is 5.84. The Bertz CT molecular complexity index is 1130. The van der Waals surface area contributed by atoms with Crippen LogP contribution in [0.2, 0.25) is 0 Å². The topological polar surface area (TPSA) is 60.7 Å². The maximum absolute atomic E-state index is 12.2. The summed E-state index contributed by atoms with van der Waals surface area (Å²) in [7, 11) is 0. The van der Waals surface area contributed by atoms with Gasteiger partial charge in [-0.3, -0.25) is 9.36 Å². The number of rotatable bonds is 2. The molecule has 0 saturated heterocycles. The lowest BCUT2D eigenvalue weighted by Gasteiger charge is -1.99. The Labute approximate surface area is 157 Å². The number of hydrogen-bond donors (Lipinski definition) is 0. The number of halogens is 1. The predicted molar refractivity (Wildman–Crippen MR) is 103 cm³/mol. The van der Waals surface area contributed by atoms with Crippen LogP contribution in [0, 0.1) is 0 Å². The molecule has 5 nitrogen and oxygen atoms in total. The smallest absolute Gasteiger partial charge is 0.363 e. The van der Waals surface area contributed by atoms with E-state index in [1.54, 1.807) is 16.8 Å². The second-order valence-corrected chi connectivity index (χ2v) is 6.75. The number of esters is 1. The molecule has 1 aliphatic rings. The van der Waals surface area contributed by atoms with Crippen molar-refractivity contribution in [3.8, 4) is 0 Å². The summed E-state index contributed by atoms with van der Waals surface area (Å²) in [6.45, 7) is 1.50. The van der Waals surface area contributed by atoms with Crippen molar-refractivity contribution in [2.75, 3.05) is 0 Å². The van der Waals surface area contributed by atoms with E-state index in [1.165, 1.54) is 6.92 Å². The summed E-state index contributed by atoms with van der Waals surface area (Å²) in [5, 5.41) is 0.870. The summed E-state index contributed by atoms with van der Waals surface area (Å²) < 4.78 is 7.73. The Hall–Kier alpha value is -2.99. The van der Waals surface area contributed by atoms with Gasteiger partial charge in [0.15, 0.2) is 5.70 Å². The Morgan fingerprint density at radius 2 is 2.00 bits per heavy atom. The molecule has 2 aromatic carbocycles. The highest BCUT2D eigenvalue weighted by Crippen LogP contribution is 2.26. The van der Waals surface area contributed by atoms with E-state index in [1.807, 2.05) is 48.5 Å². The highest BCUT2D eigenvalue weighted by atomic mass is 79.9. The molecule has 3 aromatic rings. The van der Waals surface area contributed by atoms with E-state index in [4.69, 9.17) is 4.74 Å². The number of fused-ring (bicyclic) bond motifs is 1. The van der Waals surface area contributed by atoms with Gasteiger partial charge in [-0.15, -0.1) is 0 Å². The first-order valence-electron chi connectivity index (χ1n) is 7.92. The summed E-state index contributed by atoms with van der Waals surface area (Å²) in [5.41, 5.74) is 2.44. The average Bonchev–Trinajstić information content (AvgIpc) is 3.17. The summed E-state index contributed by atoms with van der Waals surface area (Å²) >= 11 is 3.39. The van der Waals surface area contributed by atoms with Gasteiger partial charge in [0.25, 0.3) is 0 Å². The molecular formula is C20H13BrN2O3. The van der Waals surface area contributed by atoms with Gasteiger partial charge in [-0.25, -0.2) is 9.79 Å². The van der Waals surface area contributed by atoms with Crippen LogP contribution >= 0.6 is 15.9 Å². The third-order valence-electron chi connectivity index (χ3n) is 4.07. The van der Waals surface area contributed by atoms with Crippen molar-refractivity contribution in [1.29, 1.82) is 0 Å². The van der Waals surface area contributed by atoms with Gasteiger partial charge in [-0.2, -0.15) is 0 Å². The minimum Gasteiger partial charge on any atom is -0.402 e.